The molecule has 3 N–H and O–H groups in total. The van der Waals surface area contributed by atoms with Crippen molar-refractivity contribution in [3.8, 4) is 0 Å². The molecule has 0 saturated carbocycles. The number of likely N-dealkylation sites (N-methyl/N-ethyl adjacent to an activating group) is 1. The molecule has 7 heteroatoms. The summed E-state index contributed by atoms with van der Waals surface area (Å²) in [7, 11) is 1.29. The Kier molecular flexibility index (Phi) is 6.64. The fraction of sp³-hybridized carbons (Fsp3) is 0.714. The van der Waals surface area contributed by atoms with Crippen LogP contribution in [0.25, 0.3) is 0 Å². The molecular formula is C14H25N3O4. The first-order valence-electron chi connectivity index (χ1n) is 7.14. The molecule has 0 aromatic rings. The first-order chi connectivity index (χ1) is 9.92. The van der Waals surface area contributed by atoms with Crippen molar-refractivity contribution in [2.45, 2.75) is 39.0 Å². The van der Waals surface area contributed by atoms with Gasteiger partial charge < -0.3 is 25.4 Å². The van der Waals surface area contributed by atoms with Crippen molar-refractivity contribution < 1.29 is 19.1 Å². The van der Waals surface area contributed by atoms with Crippen molar-refractivity contribution in [1.82, 2.24) is 10.2 Å². The van der Waals surface area contributed by atoms with Gasteiger partial charge in [-0.25, -0.2) is 4.79 Å². The molecule has 0 bridgehead atoms. The van der Waals surface area contributed by atoms with Gasteiger partial charge >= 0.3 is 5.97 Å². The molecule has 0 fully saturated rings. The smallest absolute Gasteiger partial charge is 0.373 e. The van der Waals surface area contributed by atoms with E-state index in [2.05, 4.69) is 15.0 Å². The van der Waals surface area contributed by atoms with E-state index >= 15 is 0 Å². The van der Waals surface area contributed by atoms with Crippen LogP contribution in [0.15, 0.2) is 11.8 Å². The Balaban J connectivity index is 2.94. The van der Waals surface area contributed by atoms with E-state index in [9.17, 15) is 9.59 Å². The van der Waals surface area contributed by atoms with E-state index in [1.54, 1.807) is 0 Å². The summed E-state index contributed by atoms with van der Waals surface area (Å²) in [5.74, 6) is -0.640. The zero-order chi connectivity index (χ0) is 16.0. The fourth-order valence-corrected chi connectivity index (χ4v) is 2.33. The van der Waals surface area contributed by atoms with Gasteiger partial charge in [-0.2, -0.15) is 0 Å². The standard InChI is InChI=1S/C14H25N3O4/c1-5-17(6-2)8-12-13(16-9(3)18)10(15)7-11(21-12)14(19)20-4/h7,10,12-13H,5-6,8,15H2,1-4H3,(H,16,18)/t10-,12-,13+/m0/s1. The summed E-state index contributed by atoms with van der Waals surface area (Å²) in [5, 5.41) is 2.80. The lowest BCUT2D eigenvalue weighted by molar-refractivity contribution is -0.142. The van der Waals surface area contributed by atoms with Crippen LogP contribution in [0.5, 0.6) is 0 Å². The van der Waals surface area contributed by atoms with Gasteiger partial charge in [0.2, 0.25) is 11.7 Å². The monoisotopic (exact) mass is 299 g/mol. The Morgan fingerprint density at radius 1 is 1.43 bits per heavy atom. The number of hydrogen-bond donors (Lipinski definition) is 2. The van der Waals surface area contributed by atoms with E-state index in [0.29, 0.717) is 6.54 Å². The summed E-state index contributed by atoms with van der Waals surface area (Å²) >= 11 is 0. The van der Waals surface area contributed by atoms with E-state index < -0.39 is 18.1 Å². The van der Waals surface area contributed by atoms with Gasteiger partial charge in [-0.15, -0.1) is 0 Å². The third-order valence-electron chi connectivity index (χ3n) is 3.53. The summed E-state index contributed by atoms with van der Waals surface area (Å²) < 4.78 is 10.4. The highest BCUT2D eigenvalue weighted by Gasteiger charge is 2.36. The molecule has 0 spiro atoms. The number of nitrogens with two attached hydrogens (primary N) is 1. The highest BCUT2D eigenvalue weighted by Crippen LogP contribution is 2.19. The van der Waals surface area contributed by atoms with Crippen molar-refractivity contribution in [2.75, 3.05) is 26.7 Å². The SMILES string of the molecule is CCN(CC)C[C@@H]1OC(C(=O)OC)=C[C@H](N)[C@H]1NC(C)=O. The van der Waals surface area contributed by atoms with E-state index in [-0.39, 0.29) is 17.7 Å². The second-order valence-corrected chi connectivity index (χ2v) is 4.97. The third-order valence-corrected chi connectivity index (χ3v) is 3.53. The summed E-state index contributed by atoms with van der Waals surface area (Å²) in [6, 6.07) is -0.881. The number of amides is 1. The lowest BCUT2D eigenvalue weighted by Gasteiger charge is -2.37. The molecule has 1 amide bonds. The molecule has 3 atom stereocenters. The molecule has 0 radical (unpaired) electrons. The van der Waals surface area contributed by atoms with Crippen molar-refractivity contribution >= 4 is 11.9 Å². The minimum atomic E-state index is -0.559. The Morgan fingerprint density at radius 3 is 2.52 bits per heavy atom. The third kappa shape index (κ3) is 4.71. The normalized spacial score (nSPS) is 25.0. The molecule has 1 rings (SSSR count). The average molecular weight is 299 g/mol. The number of nitrogens with one attached hydrogen (secondary N) is 1. The number of hydrogen-bond acceptors (Lipinski definition) is 6. The van der Waals surface area contributed by atoms with Crippen LogP contribution in [0.1, 0.15) is 20.8 Å². The van der Waals surface area contributed by atoms with Gasteiger partial charge in [-0.05, 0) is 19.2 Å². The number of esters is 1. The maximum atomic E-state index is 11.6. The van der Waals surface area contributed by atoms with Gasteiger partial charge in [0.05, 0.1) is 19.2 Å². The van der Waals surface area contributed by atoms with Gasteiger partial charge in [-0.3, -0.25) is 4.79 Å². The molecule has 1 aliphatic heterocycles. The maximum Gasteiger partial charge on any atom is 0.373 e. The summed E-state index contributed by atoms with van der Waals surface area (Å²) in [5.41, 5.74) is 6.06. The van der Waals surface area contributed by atoms with Crippen molar-refractivity contribution in [1.29, 1.82) is 0 Å². The van der Waals surface area contributed by atoms with Crippen LogP contribution in [0.2, 0.25) is 0 Å². The molecule has 1 aliphatic rings. The second-order valence-electron chi connectivity index (χ2n) is 4.97. The summed E-state index contributed by atoms with van der Waals surface area (Å²) in [4.78, 5) is 25.1. The van der Waals surface area contributed by atoms with E-state index in [1.807, 2.05) is 13.8 Å². The van der Waals surface area contributed by atoms with Gasteiger partial charge in [0.1, 0.15) is 6.10 Å². The van der Waals surface area contributed by atoms with Gasteiger partial charge in [-0.1, -0.05) is 13.8 Å². The molecule has 7 nitrogen and oxygen atoms in total. The predicted octanol–water partition coefficient (Wildman–Crippen LogP) is -0.384. The molecular weight excluding hydrogens is 274 g/mol. The average Bonchev–Trinajstić information content (AvgIpc) is 2.46. The highest BCUT2D eigenvalue weighted by molar-refractivity contribution is 5.86. The molecule has 0 unspecified atom stereocenters. The zero-order valence-corrected chi connectivity index (χ0v) is 13.1. The topological polar surface area (TPSA) is 93.9 Å². The van der Waals surface area contributed by atoms with E-state index in [1.165, 1.54) is 20.1 Å². The largest absolute Gasteiger partial charge is 0.480 e. The molecule has 21 heavy (non-hydrogen) atoms. The van der Waals surface area contributed by atoms with Crippen LogP contribution < -0.4 is 11.1 Å². The molecule has 1 heterocycles. The highest BCUT2D eigenvalue weighted by atomic mass is 16.6. The Morgan fingerprint density at radius 2 is 2.05 bits per heavy atom. The van der Waals surface area contributed by atoms with Gasteiger partial charge in [0.15, 0.2) is 0 Å². The van der Waals surface area contributed by atoms with Crippen LogP contribution in [-0.4, -0.2) is 61.7 Å². The Hall–Kier alpha value is -1.60. The van der Waals surface area contributed by atoms with Crippen molar-refractivity contribution in [3.05, 3.63) is 11.8 Å². The van der Waals surface area contributed by atoms with Crippen LogP contribution in [-0.2, 0) is 19.1 Å². The molecule has 0 aliphatic carbocycles. The number of rotatable bonds is 6. The first kappa shape index (κ1) is 17.5. The lowest BCUT2D eigenvalue weighted by Crippen LogP contribution is -2.59. The minimum Gasteiger partial charge on any atom is -0.480 e. The van der Waals surface area contributed by atoms with E-state index in [0.717, 1.165) is 13.1 Å². The van der Waals surface area contributed by atoms with Gasteiger partial charge in [0.25, 0.3) is 0 Å². The molecule has 0 aromatic carbocycles. The Bertz CT molecular complexity index is 407. The number of carbonyl (C=O) groups is 2. The van der Waals surface area contributed by atoms with Crippen LogP contribution in [0.3, 0.4) is 0 Å². The number of methoxy groups -OCH3 is 1. The van der Waals surface area contributed by atoms with Crippen LogP contribution in [0.4, 0.5) is 0 Å². The number of nitrogens with zero attached hydrogens (tertiary/aromatic N) is 1. The lowest BCUT2D eigenvalue weighted by atomic mass is 9.98. The zero-order valence-electron chi connectivity index (χ0n) is 13.1. The minimum absolute atomic E-state index is 0.101. The number of carbonyl (C=O) groups excluding carboxylic acids is 2. The second kappa shape index (κ2) is 7.99. The molecule has 0 aromatic heterocycles. The predicted molar refractivity (Wildman–Crippen MR) is 78.3 cm³/mol. The van der Waals surface area contributed by atoms with Crippen LogP contribution in [0, 0.1) is 0 Å². The molecule has 0 saturated heterocycles. The summed E-state index contributed by atoms with van der Waals surface area (Å²) in [6.07, 6.45) is 1.09. The van der Waals surface area contributed by atoms with Crippen LogP contribution >= 0.6 is 0 Å². The maximum absolute atomic E-state index is 11.6. The fourth-order valence-electron chi connectivity index (χ4n) is 2.33. The van der Waals surface area contributed by atoms with Crippen molar-refractivity contribution in [3.63, 3.8) is 0 Å². The van der Waals surface area contributed by atoms with E-state index in [4.69, 9.17) is 10.5 Å². The first-order valence-corrected chi connectivity index (χ1v) is 7.14. The number of ether oxygens (including phenoxy) is 2. The summed E-state index contributed by atoms with van der Waals surface area (Å²) in [6.45, 7) is 7.76. The molecule has 120 valence electrons. The quantitative estimate of drug-likeness (QED) is 0.649. The van der Waals surface area contributed by atoms with Crippen molar-refractivity contribution in [2.24, 2.45) is 5.73 Å². The Labute approximate surface area is 125 Å². The van der Waals surface area contributed by atoms with Gasteiger partial charge in [0, 0.05) is 13.5 Å².